The highest BCUT2D eigenvalue weighted by Gasteiger charge is 2.33. The number of amides is 3. The Morgan fingerprint density at radius 2 is 2.05 bits per heavy atom. The minimum Gasteiger partial charge on any atom is -0.354 e. The number of nitrogens with zero attached hydrogens (tertiary/aromatic N) is 4. The van der Waals surface area contributed by atoms with Crippen LogP contribution in [0.2, 0.25) is 0 Å². The number of carbonyl (C=O) groups is 2. The molecule has 1 aliphatic heterocycles. The van der Waals surface area contributed by atoms with Crippen molar-refractivity contribution in [3.63, 3.8) is 0 Å². The third-order valence-electron chi connectivity index (χ3n) is 3.33. The molecule has 0 fully saturated rings. The number of pyridine rings is 1. The second kappa shape index (κ2) is 5.99. The first-order valence-electron chi connectivity index (χ1n) is 6.92. The van der Waals surface area contributed by atoms with Gasteiger partial charge in [0.2, 0.25) is 5.91 Å². The van der Waals surface area contributed by atoms with Gasteiger partial charge in [-0.3, -0.25) is 14.7 Å². The van der Waals surface area contributed by atoms with E-state index in [0.717, 1.165) is 0 Å². The maximum absolute atomic E-state index is 12.4. The lowest BCUT2D eigenvalue weighted by atomic mass is 10.2. The highest BCUT2D eigenvalue weighted by molar-refractivity contribution is 6.02. The molecule has 7 heteroatoms. The first-order valence-corrected chi connectivity index (χ1v) is 6.92. The molecule has 0 aromatic carbocycles. The van der Waals surface area contributed by atoms with Gasteiger partial charge in [-0.2, -0.15) is 0 Å². The first kappa shape index (κ1) is 15.1. The molecule has 0 saturated carbocycles. The van der Waals surface area contributed by atoms with Crippen LogP contribution in [0.4, 0.5) is 16.3 Å². The van der Waals surface area contributed by atoms with E-state index in [1.54, 1.807) is 37.4 Å². The van der Waals surface area contributed by atoms with Crippen LogP contribution in [0.3, 0.4) is 0 Å². The van der Waals surface area contributed by atoms with Crippen molar-refractivity contribution in [2.24, 2.45) is 5.92 Å². The van der Waals surface area contributed by atoms with Crippen LogP contribution in [-0.2, 0) is 4.79 Å². The van der Waals surface area contributed by atoms with Gasteiger partial charge in [0, 0.05) is 26.8 Å². The van der Waals surface area contributed by atoms with E-state index in [2.05, 4.69) is 10.3 Å². The lowest BCUT2D eigenvalue weighted by molar-refractivity contribution is -0.119. The zero-order chi connectivity index (χ0) is 15.6. The fourth-order valence-corrected chi connectivity index (χ4v) is 2.07. The summed E-state index contributed by atoms with van der Waals surface area (Å²) < 4.78 is 0. The number of anilines is 2. The summed E-state index contributed by atoms with van der Waals surface area (Å²) >= 11 is 0. The fraction of sp³-hybridized carbons (Fsp3) is 0.500. The van der Waals surface area contributed by atoms with E-state index in [4.69, 9.17) is 0 Å². The largest absolute Gasteiger partial charge is 0.354 e. The van der Waals surface area contributed by atoms with Gasteiger partial charge in [-0.05, 0) is 18.1 Å². The summed E-state index contributed by atoms with van der Waals surface area (Å²) in [6, 6.07) is 3.29. The number of nitrogens with one attached hydrogen (secondary N) is 1. The van der Waals surface area contributed by atoms with Gasteiger partial charge in [0.1, 0.15) is 6.54 Å². The van der Waals surface area contributed by atoms with Crippen molar-refractivity contribution in [2.45, 2.75) is 13.8 Å². The second-order valence-corrected chi connectivity index (χ2v) is 5.46. The Morgan fingerprint density at radius 3 is 2.71 bits per heavy atom. The lowest BCUT2D eigenvalue weighted by Crippen LogP contribution is -2.55. The van der Waals surface area contributed by atoms with Crippen LogP contribution >= 0.6 is 0 Å². The molecule has 1 aliphatic rings. The number of hydrazine groups is 1. The van der Waals surface area contributed by atoms with Crippen LogP contribution in [0.15, 0.2) is 18.3 Å². The van der Waals surface area contributed by atoms with Crippen LogP contribution in [0.1, 0.15) is 13.8 Å². The van der Waals surface area contributed by atoms with Crippen molar-refractivity contribution in [3.05, 3.63) is 18.3 Å². The zero-order valence-corrected chi connectivity index (χ0v) is 12.8. The summed E-state index contributed by atoms with van der Waals surface area (Å²) in [5, 5.41) is 5.92. The van der Waals surface area contributed by atoms with Crippen LogP contribution < -0.4 is 15.2 Å². The molecule has 0 spiro atoms. The van der Waals surface area contributed by atoms with Crippen LogP contribution in [0, 0.1) is 5.92 Å². The molecule has 2 rings (SSSR count). The standard InChI is InChI=1S/C14H21N5O2/c1-10(2)8-16-12(20)9-19-11-6-5-7-15-13(11)17(3)18(4)14(19)21/h5-7,10H,8-9H2,1-4H3,(H,16,20). The van der Waals surface area contributed by atoms with Gasteiger partial charge in [0.15, 0.2) is 5.82 Å². The molecule has 0 radical (unpaired) electrons. The molecule has 0 bridgehead atoms. The Hall–Kier alpha value is -2.31. The number of hydrogen-bond acceptors (Lipinski definition) is 4. The summed E-state index contributed by atoms with van der Waals surface area (Å²) in [5.74, 6) is 0.842. The van der Waals surface area contributed by atoms with Crippen molar-refractivity contribution in [3.8, 4) is 0 Å². The predicted octanol–water partition coefficient (Wildman–Crippen LogP) is 1.08. The van der Waals surface area contributed by atoms with Gasteiger partial charge in [0.25, 0.3) is 0 Å². The van der Waals surface area contributed by atoms with Gasteiger partial charge >= 0.3 is 6.03 Å². The number of urea groups is 1. The maximum Gasteiger partial charge on any atom is 0.343 e. The van der Waals surface area contributed by atoms with Crippen molar-refractivity contribution >= 4 is 23.4 Å². The second-order valence-electron chi connectivity index (χ2n) is 5.46. The summed E-state index contributed by atoms with van der Waals surface area (Å²) in [5.41, 5.74) is 0.641. The van der Waals surface area contributed by atoms with Crippen molar-refractivity contribution in [1.29, 1.82) is 0 Å². The van der Waals surface area contributed by atoms with Crippen LogP contribution in [0.25, 0.3) is 0 Å². The van der Waals surface area contributed by atoms with E-state index >= 15 is 0 Å². The van der Waals surface area contributed by atoms with Crippen LogP contribution in [-0.4, -0.2) is 49.1 Å². The quantitative estimate of drug-likeness (QED) is 0.901. The molecule has 1 aromatic heterocycles. The molecule has 114 valence electrons. The molecule has 1 aromatic rings. The minimum absolute atomic E-state index is 0.0115. The highest BCUT2D eigenvalue weighted by atomic mass is 16.2. The van der Waals surface area contributed by atoms with E-state index in [9.17, 15) is 9.59 Å². The van der Waals surface area contributed by atoms with Gasteiger partial charge in [-0.1, -0.05) is 13.8 Å². The van der Waals surface area contributed by atoms with Crippen LogP contribution in [0.5, 0.6) is 0 Å². The Labute approximate surface area is 124 Å². The molecular weight excluding hydrogens is 270 g/mol. The van der Waals surface area contributed by atoms with Crippen molar-refractivity contribution in [1.82, 2.24) is 15.3 Å². The number of fused-ring (bicyclic) bond motifs is 1. The Kier molecular flexibility index (Phi) is 4.30. The van der Waals surface area contributed by atoms with E-state index in [0.29, 0.717) is 24.0 Å². The van der Waals surface area contributed by atoms with Crippen molar-refractivity contribution < 1.29 is 9.59 Å². The molecule has 0 unspecified atom stereocenters. The molecule has 0 saturated heterocycles. The SMILES string of the molecule is CC(C)CNC(=O)CN1C(=O)N(C)N(C)c2ncccc21. The monoisotopic (exact) mass is 291 g/mol. The normalized spacial score (nSPS) is 14.5. The van der Waals surface area contributed by atoms with Gasteiger partial charge in [-0.25, -0.2) is 14.8 Å². The first-order chi connectivity index (χ1) is 9.91. The van der Waals surface area contributed by atoms with E-state index in [1.165, 1.54) is 9.91 Å². The Morgan fingerprint density at radius 1 is 1.33 bits per heavy atom. The summed E-state index contributed by atoms with van der Waals surface area (Å²) in [6.45, 7) is 4.63. The van der Waals surface area contributed by atoms with E-state index < -0.39 is 0 Å². The molecule has 0 aliphatic carbocycles. The average molecular weight is 291 g/mol. The Bertz CT molecular complexity index is 546. The summed E-state index contributed by atoms with van der Waals surface area (Å²) in [4.78, 5) is 30.1. The van der Waals surface area contributed by atoms with Gasteiger partial charge in [0.05, 0.1) is 5.69 Å². The van der Waals surface area contributed by atoms with Gasteiger partial charge < -0.3 is 5.32 Å². The molecule has 1 N–H and O–H groups in total. The fourth-order valence-electron chi connectivity index (χ4n) is 2.07. The molecule has 2 heterocycles. The average Bonchev–Trinajstić information content (AvgIpc) is 2.47. The number of carbonyl (C=O) groups excluding carboxylic acids is 2. The number of aromatic nitrogens is 1. The summed E-state index contributed by atoms with van der Waals surface area (Å²) in [7, 11) is 3.42. The minimum atomic E-state index is -0.252. The molecule has 21 heavy (non-hydrogen) atoms. The lowest BCUT2D eigenvalue weighted by Gasteiger charge is -2.40. The summed E-state index contributed by atoms with van der Waals surface area (Å²) in [6.07, 6.45) is 1.66. The molecule has 0 atom stereocenters. The van der Waals surface area contributed by atoms with E-state index in [1.807, 2.05) is 13.8 Å². The number of rotatable bonds is 4. The molecular formula is C14H21N5O2. The topological polar surface area (TPSA) is 68.8 Å². The smallest absolute Gasteiger partial charge is 0.343 e. The maximum atomic E-state index is 12.4. The third kappa shape index (κ3) is 3.07. The number of hydrogen-bond donors (Lipinski definition) is 1. The Balaban J connectivity index is 2.20. The van der Waals surface area contributed by atoms with E-state index in [-0.39, 0.29) is 18.5 Å². The highest BCUT2D eigenvalue weighted by Crippen LogP contribution is 2.31. The predicted molar refractivity (Wildman–Crippen MR) is 81.0 cm³/mol. The third-order valence-corrected chi connectivity index (χ3v) is 3.33. The van der Waals surface area contributed by atoms with Gasteiger partial charge in [-0.15, -0.1) is 0 Å². The molecule has 3 amide bonds. The zero-order valence-electron chi connectivity index (χ0n) is 12.8. The molecule has 7 nitrogen and oxygen atoms in total. The van der Waals surface area contributed by atoms with Crippen molar-refractivity contribution in [2.75, 3.05) is 37.1 Å².